The van der Waals surface area contributed by atoms with Crippen LogP contribution in [0.4, 0.5) is 9.59 Å². The van der Waals surface area contributed by atoms with Gasteiger partial charge in [-0.1, -0.05) is 0 Å². The van der Waals surface area contributed by atoms with Gasteiger partial charge in [0.1, 0.15) is 13.2 Å². The SMILES string of the molecule is CC(C)OC(=O)[C@H](C)OC(=O)OCCOCCOC(=O)O[C@H](C)C(=O)OC(C)C. The Morgan fingerprint density at radius 3 is 1.21 bits per heavy atom. The van der Waals surface area contributed by atoms with E-state index in [0.29, 0.717) is 0 Å². The van der Waals surface area contributed by atoms with E-state index in [9.17, 15) is 19.2 Å². The first kappa shape index (κ1) is 26.4. The van der Waals surface area contributed by atoms with Crippen molar-refractivity contribution in [2.24, 2.45) is 0 Å². The number of hydrogen-bond donors (Lipinski definition) is 0. The highest BCUT2D eigenvalue weighted by atomic mass is 16.7. The largest absolute Gasteiger partial charge is 0.509 e. The molecule has 2 atom stereocenters. The van der Waals surface area contributed by atoms with Gasteiger partial charge >= 0.3 is 24.2 Å². The van der Waals surface area contributed by atoms with Crippen LogP contribution < -0.4 is 0 Å². The molecule has 0 fully saturated rings. The van der Waals surface area contributed by atoms with Crippen molar-refractivity contribution in [1.82, 2.24) is 0 Å². The highest BCUT2D eigenvalue weighted by Crippen LogP contribution is 2.02. The Kier molecular flexibility index (Phi) is 13.2. The summed E-state index contributed by atoms with van der Waals surface area (Å²) in [5.41, 5.74) is 0. The second-order valence-corrected chi connectivity index (χ2v) is 6.30. The van der Waals surface area contributed by atoms with Gasteiger partial charge in [-0.3, -0.25) is 0 Å². The van der Waals surface area contributed by atoms with Crippen molar-refractivity contribution in [1.29, 1.82) is 0 Å². The van der Waals surface area contributed by atoms with Crippen LogP contribution in [0.2, 0.25) is 0 Å². The fourth-order valence-corrected chi connectivity index (χ4v) is 1.58. The monoisotopic (exact) mass is 422 g/mol. The van der Waals surface area contributed by atoms with Crippen molar-refractivity contribution in [3.8, 4) is 0 Å². The summed E-state index contributed by atoms with van der Waals surface area (Å²) in [6.45, 7) is 9.17. The summed E-state index contributed by atoms with van der Waals surface area (Å²) in [5.74, 6) is -1.35. The summed E-state index contributed by atoms with van der Waals surface area (Å²) < 4.78 is 33.8. The summed E-state index contributed by atoms with van der Waals surface area (Å²) in [5, 5.41) is 0. The van der Waals surface area contributed by atoms with E-state index in [2.05, 4.69) is 0 Å². The molecule has 0 heterocycles. The fourth-order valence-electron chi connectivity index (χ4n) is 1.58. The van der Waals surface area contributed by atoms with Crippen molar-refractivity contribution in [3.05, 3.63) is 0 Å². The molecule has 0 rings (SSSR count). The van der Waals surface area contributed by atoms with E-state index in [1.807, 2.05) is 0 Å². The van der Waals surface area contributed by atoms with E-state index in [-0.39, 0.29) is 38.6 Å². The fraction of sp³-hybridized carbons (Fsp3) is 0.778. The molecule has 0 saturated heterocycles. The van der Waals surface area contributed by atoms with Crippen LogP contribution in [0.15, 0.2) is 0 Å². The zero-order valence-corrected chi connectivity index (χ0v) is 17.6. The molecule has 0 aliphatic carbocycles. The van der Waals surface area contributed by atoms with Gasteiger partial charge in [0.05, 0.1) is 25.4 Å². The Morgan fingerprint density at radius 2 is 0.897 bits per heavy atom. The van der Waals surface area contributed by atoms with Gasteiger partial charge in [0.25, 0.3) is 0 Å². The Bertz CT molecular complexity index is 484. The number of hydrogen-bond acceptors (Lipinski definition) is 11. The molecular formula is C18H30O11. The second-order valence-electron chi connectivity index (χ2n) is 6.30. The molecule has 0 aromatic carbocycles. The Labute approximate surface area is 169 Å². The topological polar surface area (TPSA) is 133 Å². The summed E-state index contributed by atoms with van der Waals surface area (Å²) in [7, 11) is 0. The minimum absolute atomic E-state index is 0.00937. The van der Waals surface area contributed by atoms with Crippen LogP contribution in [-0.2, 0) is 42.7 Å². The Morgan fingerprint density at radius 1 is 0.552 bits per heavy atom. The van der Waals surface area contributed by atoms with E-state index >= 15 is 0 Å². The number of rotatable bonds is 12. The van der Waals surface area contributed by atoms with Gasteiger partial charge in [-0.2, -0.15) is 0 Å². The van der Waals surface area contributed by atoms with Crippen molar-refractivity contribution in [2.75, 3.05) is 26.4 Å². The van der Waals surface area contributed by atoms with Gasteiger partial charge in [-0.05, 0) is 41.5 Å². The number of carbonyl (C=O) groups excluding carboxylic acids is 4. The zero-order valence-electron chi connectivity index (χ0n) is 17.6. The third-order valence-electron chi connectivity index (χ3n) is 2.81. The summed E-state index contributed by atoms with van der Waals surface area (Å²) in [6, 6.07) is 0. The number of carbonyl (C=O) groups is 4. The van der Waals surface area contributed by atoms with Crippen LogP contribution in [0.1, 0.15) is 41.5 Å². The highest BCUT2D eigenvalue weighted by Gasteiger charge is 2.22. The maximum absolute atomic E-state index is 11.5. The highest BCUT2D eigenvalue weighted by molar-refractivity contribution is 5.77. The van der Waals surface area contributed by atoms with Crippen molar-refractivity contribution in [3.63, 3.8) is 0 Å². The molecule has 0 unspecified atom stereocenters. The Balaban J connectivity index is 3.77. The molecule has 11 heteroatoms. The molecule has 0 radical (unpaired) electrons. The minimum Gasteiger partial charge on any atom is -0.460 e. The first-order chi connectivity index (χ1) is 13.5. The lowest BCUT2D eigenvalue weighted by Crippen LogP contribution is -2.29. The van der Waals surface area contributed by atoms with Gasteiger partial charge in [0.2, 0.25) is 0 Å². The van der Waals surface area contributed by atoms with Crippen LogP contribution in [0.25, 0.3) is 0 Å². The standard InChI is InChI=1S/C18H30O11/c1-11(2)26-15(19)13(5)28-17(21)24-9-7-23-8-10-25-18(22)29-14(6)16(20)27-12(3)4/h11-14H,7-10H2,1-6H3/t13-,14+. The molecule has 29 heavy (non-hydrogen) atoms. The quantitative estimate of drug-likeness (QED) is 0.260. The average Bonchev–Trinajstić information content (AvgIpc) is 2.59. The normalized spacial score (nSPS) is 12.7. The third kappa shape index (κ3) is 14.1. The molecular weight excluding hydrogens is 392 g/mol. The van der Waals surface area contributed by atoms with Crippen LogP contribution in [0.3, 0.4) is 0 Å². The Hall–Kier alpha value is -2.56. The molecule has 0 aromatic rings. The van der Waals surface area contributed by atoms with Crippen LogP contribution in [0, 0.1) is 0 Å². The van der Waals surface area contributed by atoms with E-state index in [1.54, 1.807) is 27.7 Å². The first-order valence-corrected chi connectivity index (χ1v) is 9.18. The van der Waals surface area contributed by atoms with Gasteiger partial charge in [0, 0.05) is 0 Å². The first-order valence-electron chi connectivity index (χ1n) is 9.18. The third-order valence-corrected chi connectivity index (χ3v) is 2.81. The molecule has 0 N–H and O–H groups in total. The van der Waals surface area contributed by atoms with Gasteiger partial charge in [0.15, 0.2) is 12.2 Å². The summed E-state index contributed by atoms with van der Waals surface area (Å²) >= 11 is 0. The number of esters is 2. The van der Waals surface area contributed by atoms with Crippen molar-refractivity contribution in [2.45, 2.75) is 66.0 Å². The average molecular weight is 422 g/mol. The van der Waals surface area contributed by atoms with Gasteiger partial charge < -0.3 is 33.2 Å². The van der Waals surface area contributed by atoms with Crippen LogP contribution in [0.5, 0.6) is 0 Å². The lowest BCUT2D eigenvalue weighted by molar-refractivity contribution is -0.158. The van der Waals surface area contributed by atoms with Gasteiger partial charge in [-0.25, -0.2) is 19.2 Å². The summed E-state index contributed by atoms with van der Waals surface area (Å²) in [4.78, 5) is 45.8. The van der Waals surface area contributed by atoms with E-state index in [1.165, 1.54) is 13.8 Å². The smallest absolute Gasteiger partial charge is 0.460 e. The minimum atomic E-state index is -1.09. The predicted octanol–water partition coefficient (Wildman–Crippen LogP) is 1.99. The van der Waals surface area contributed by atoms with Crippen molar-refractivity contribution < 1.29 is 52.3 Å². The van der Waals surface area contributed by atoms with Crippen LogP contribution >= 0.6 is 0 Å². The zero-order chi connectivity index (χ0) is 22.4. The molecule has 0 saturated carbocycles. The molecule has 0 amide bonds. The predicted molar refractivity (Wildman–Crippen MR) is 97.1 cm³/mol. The molecule has 11 nitrogen and oxygen atoms in total. The summed E-state index contributed by atoms with van der Waals surface area (Å²) in [6.07, 6.45) is -4.91. The molecule has 0 aliphatic rings. The number of ether oxygens (including phenoxy) is 7. The van der Waals surface area contributed by atoms with E-state index in [0.717, 1.165) is 0 Å². The second kappa shape index (κ2) is 14.4. The molecule has 0 aromatic heterocycles. The lowest BCUT2D eigenvalue weighted by Gasteiger charge is -2.15. The molecule has 0 bridgehead atoms. The van der Waals surface area contributed by atoms with E-state index in [4.69, 9.17) is 33.2 Å². The van der Waals surface area contributed by atoms with E-state index < -0.39 is 36.5 Å². The maximum Gasteiger partial charge on any atom is 0.509 e. The molecule has 0 aliphatic heterocycles. The van der Waals surface area contributed by atoms with Crippen molar-refractivity contribution >= 4 is 24.2 Å². The van der Waals surface area contributed by atoms with Gasteiger partial charge in [-0.15, -0.1) is 0 Å². The van der Waals surface area contributed by atoms with Crippen LogP contribution in [-0.4, -0.2) is 75.1 Å². The maximum atomic E-state index is 11.5. The molecule has 168 valence electrons. The lowest BCUT2D eigenvalue weighted by atomic mass is 10.4. The molecule has 0 spiro atoms.